The van der Waals surface area contributed by atoms with Crippen LogP contribution in [0.15, 0.2) is 164 Å². The SMILES string of the molecule is COC(=O)[C@@H](c1ccc(OC(=O)OCc2ccccc2)cc1)N1CN([C@@H](C(=O)OC)c2ccc(OC(=O)OCc3ccccc3)cc2)CN([C@@H](C(=O)OC)c2ccc(OC(=O)OCc3ccccc3)cc2)C1. The van der Waals surface area contributed by atoms with Crippen molar-refractivity contribution < 1.29 is 71.4 Å². The van der Waals surface area contributed by atoms with Gasteiger partial charge in [-0.3, -0.25) is 14.7 Å². The molecule has 0 bridgehead atoms. The first-order valence-electron chi connectivity index (χ1n) is 22.4. The van der Waals surface area contributed by atoms with Crippen LogP contribution in [-0.2, 0) is 62.6 Å². The van der Waals surface area contributed by atoms with Gasteiger partial charge in [0.25, 0.3) is 0 Å². The minimum atomic E-state index is -1.17. The molecule has 0 radical (unpaired) electrons. The number of carbonyl (C=O) groups is 6. The number of benzene rings is 6. The smallest absolute Gasteiger partial charge is 0.468 e. The molecule has 0 amide bonds. The Morgan fingerprint density at radius 2 is 0.597 bits per heavy atom. The summed E-state index contributed by atoms with van der Waals surface area (Å²) in [4.78, 5) is 84.8. The summed E-state index contributed by atoms with van der Waals surface area (Å²) in [6.45, 7) is -0.284. The number of rotatable bonds is 18. The van der Waals surface area contributed by atoms with Crippen molar-refractivity contribution in [2.24, 2.45) is 0 Å². The Morgan fingerprint density at radius 3 is 0.819 bits per heavy atom. The van der Waals surface area contributed by atoms with E-state index in [0.29, 0.717) is 16.7 Å². The van der Waals surface area contributed by atoms with Crippen LogP contribution < -0.4 is 14.2 Å². The van der Waals surface area contributed by atoms with Crippen LogP contribution >= 0.6 is 0 Å². The predicted octanol–water partition coefficient (Wildman–Crippen LogP) is 8.67. The highest BCUT2D eigenvalue weighted by Gasteiger charge is 2.43. The summed E-state index contributed by atoms with van der Waals surface area (Å²) >= 11 is 0. The fourth-order valence-corrected chi connectivity index (χ4v) is 7.83. The normalized spacial score (nSPS) is 14.0. The molecule has 0 spiro atoms. The average molecular weight is 982 g/mol. The van der Waals surface area contributed by atoms with Gasteiger partial charge in [-0.1, -0.05) is 127 Å². The van der Waals surface area contributed by atoms with E-state index in [9.17, 15) is 28.8 Å². The molecule has 18 heteroatoms. The Kier molecular flexibility index (Phi) is 18.0. The van der Waals surface area contributed by atoms with Crippen LogP contribution in [-0.4, -0.2) is 92.4 Å². The van der Waals surface area contributed by atoms with E-state index in [1.54, 1.807) is 87.5 Å². The Balaban J connectivity index is 1.17. The number of nitrogens with zero attached hydrogens (tertiary/aromatic N) is 3. The molecule has 1 heterocycles. The molecule has 0 aromatic heterocycles. The highest BCUT2D eigenvalue weighted by Crippen LogP contribution is 2.36. The number of hydrogen-bond donors (Lipinski definition) is 0. The van der Waals surface area contributed by atoms with Gasteiger partial charge in [0.1, 0.15) is 55.2 Å². The summed E-state index contributed by atoms with van der Waals surface area (Å²) in [6, 6.07) is 42.1. The van der Waals surface area contributed by atoms with E-state index in [4.69, 9.17) is 42.6 Å². The fourth-order valence-electron chi connectivity index (χ4n) is 7.83. The van der Waals surface area contributed by atoms with Gasteiger partial charge in [-0.15, -0.1) is 0 Å². The molecule has 1 fully saturated rings. The molecule has 6 aromatic rings. The molecule has 72 heavy (non-hydrogen) atoms. The maximum Gasteiger partial charge on any atom is 0.514 e. The predicted molar refractivity (Wildman–Crippen MR) is 255 cm³/mol. The highest BCUT2D eigenvalue weighted by molar-refractivity contribution is 5.80. The maximum absolute atomic E-state index is 14.0. The summed E-state index contributed by atoms with van der Waals surface area (Å²) < 4.78 is 48.1. The topological polar surface area (TPSA) is 195 Å². The molecule has 372 valence electrons. The van der Waals surface area contributed by atoms with Crippen LogP contribution in [0.4, 0.5) is 14.4 Å². The quantitative estimate of drug-likeness (QED) is 0.0450. The van der Waals surface area contributed by atoms with E-state index in [-0.39, 0.29) is 57.1 Å². The van der Waals surface area contributed by atoms with Gasteiger partial charge in [0.2, 0.25) is 0 Å². The molecular formula is C54H51N3O15. The van der Waals surface area contributed by atoms with Gasteiger partial charge < -0.3 is 42.6 Å². The van der Waals surface area contributed by atoms with E-state index in [2.05, 4.69) is 0 Å². The molecule has 3 atom stereocenters. The maximum atomic E-state index is 14.0. The second-order valence-corrected chi connectivity index (χ2v) is 16.1. The van der Waals surface area contributed by atoms with Crippen LogP contribution in [0, 0.1) is 0 Å². The van der Waals surface area contributed by atoms with Crippen molar-refractivity contribution in [2.75, 3.05) is 41.3 Å². The monoisotopic (exact) mass is 981 g/mol. The second-order valence-electron chi connectivity index (χ2n) is 16.1. The Morgan fingerprint density at radius 1 is 0.361 bits per heavy atom. The minimum Gasteiger partial charge on any atom is -0.468 e. The summed E-state index contributed by atoms with van der Waals surface area (Å²) in [5.74, 6) is -1.69. The van der Waals surface area contributed by atoms with Gasteiger partial charge >= 0.3 is 36.4 Å². The first-order valence-corrected chi connectivity index (χ1v) is 22.4. The largest absolute Gasteiger partial charge is 0.514 e. The van der Waals surface area contributed by atoms with Gasteiger partial charge in [0.15, 0.2) is 0 Å². The summed E-state index contributed by atoms with van der Waals surface area (Å²) in [6.07, 6.45) is -2.82. The molecule has 0 aliphatic carbocycles. The van der Waals surface area contributed by atoms with Crippen LogP contribution in [0.1, 0.15) is 51.5 Å². The number of ether oxygens (including phenoxy) is 9. The van der Waals surface area contributed by atoms with E-state index >= 15 is 0 Å². The van der Waals surface area contributed by atoms with Crippen molar-refractivity contribution in [3.63, 3.8) is 0 Å². The molecule has 7 rings (SSSR count). The third-order valence-electron chi connectivity index (χ3n) is 11.2. The summed E-state index contributed by atoms with van der Waals surface area (Å²) in [5, 5.41) is 0. The van der Waals surface area contributed by atoms with Crippen LogP contribution in [0.3, 0.4) is 0 Å². The average Bonchev–Trinajstić information content (AvgIpc) is 3.41. The lowest BCUT2D eigenvalue weighted by Gasteiger charge is -2.48. The zero-order valence-corrected chi connectivity index (χ0v) is 39.5. The molecule has 1 saturated heterocycles. The van der Waals surface area contributed by atoms with Crippen molar-refractivity contribution in [1.29, 1.82) is 0 Å². The summed E-state index contributed by atoms with van der Waals surface area (Å²) in [5.41, 5.74) is 3.51. The molecule has 0 unspecified atom stereocenters. The Bertz CT molecular complexity index is 2440. The molecular weight excluding hydrogens is 931 g/mol. The van der Waals surface area contributed by atoms with Gasteiger partial charge in [-0.05, 0) is 69.8 Å². The van der Waals surface area contributed by atoms with Crippen LogP contribution in [0.2, 0.25) is 0 Å². The highest BCUT2D eigenvalue weighted by atomic mass is 16.7. The van der Waals surface area contributed by atoms with Gasteiger partial charge in [-0.2, -0.15) is 0 Å². The third-order valence-corrected chi connectivity index (χ3v) is 11.2. The third kappa shape index (κ3) is 14.0. The van der Waals surface area contributed by atoms with Crippen molar-refractivity contribution in [3.05, 3.63) is 197 Å². The minimum absolute atomic E-state index is 0.00718. The van der Waals surface area contributed by atoms with Crippen LogP contribution in [0.5, 0.6) is 17.2 Å². The molecule has 1 aliphatic rings. The number of esters is 3. The number of carbonyl (C=O) groups excluding carboxylic acids is 6. The standard InChI is InChI=1S/C54H51N3O15/c1-64-49(58)46(40-19-25-43(26-20-40)70-52(61)67-31-37-13-7-4-8-14-37)55-34-56(47(50(59)65-2)41-21-27-44(28-22-41)71-53(62)68-32-38-15-9-5-10-16-38)36-57(35-55)48(51(60)66-3)42-23-29-45(30-24-42)72-54(63)69-33-39-17-11-6-12-18-39/h4-30,46-48H,31-36H2,1-3H3/t46-,47-,48-/m1/s1. The first-order chi connectivity index (χ1) is 35.0. The van der Waals surface area contributed by atoms with Gasteiger partial charge in [-0.25, -0.2) is 28.8 Å². The van der Waals surface area contributed by atoms with Crippen LogP contribution in [0.25, 0.3) is 0 Å². The fraction of sp³-hybridized carbons (Fsp3) is 0.222. The van der Waals surface area contributed by atoms with E-state index in [1.165, 1.54) is 57.7 Å². The van der Waals surface area contributed by atoms with Crippen molar-refractivity contribution >= 4 is 36.4 Å². The van der Waals surface area contributed by atoms with E-state index in [0.717, 1.165) is 16.7 Å². The molecule has 0 N–H and O–H groups in total. The van der Waals surface area contributed by atoms with Crippen molar-refractivity contribution in [1.82, 2.24) is 14.7 Å². The van der Waals surface area contributed by atoms with Gasteiger partial charge in [0.05, 0.1) is 41.3 Å². The number of methoxy groups -OCH3 is 3. The zero-order chi connectivity index (χ0) is 50.8. The lowest BCUT2D eigenvalue weighted by molar-refractivity contribution is -0.167. The van der Waals surface area contributed by atoms with Crippen molar-refractivity contribution in [2.45, 2.75) is 37.9 Å². The second kappa shape index (κ2) is 25.3. The van der Waals surface area contributed by atoms with E-state index in [1.807, 2.05) is 54.6 Å². The molecule has 0 saturated carbocycles. The lowest BCUT2D eigenvalue weighted by Crippen LogP contribution is -2.60. The zero-order valence-electron chi connectivity index (χ0n) is 39.5. The van der Waals surface area contributed by atoms with Gasteiger partial charge in [0, 0.05) is 0 Å². The first kappa shape index (κ1) is 51.3. The summed E-state index contributed by atoms with van der Waals surface area (Å²) in [7, 11) is 3.68. The van der Waals surface area contributed by atoms with Crippen molar-refractivity contribution in [3.8, 4) is 17.2 Å². The number of hydrogen-bond acceptors (Lipinski definition) is 18. The molecule has 1 aliphatic heterocycles. The Labute approximate surface area is 415 Å². The molecule has 18 nitrogen and oxygen atoms in total. The van der Waals surface area contributed by atoms with E-state index < -0.39 is 54.5 Å². The lowest BCUT2D eigenvalue weighted by atomic mass is 10.0. The molecule has 6 aromatic carbocycles. The Hall–Kier alpha value is -8.58.